The van der Waals surface area contributed by atoms with Crippen molar-refractivity contribution in [3.8, 4) is 0 Å². The first-order chi connectivity index (χ1) is 7.75. The van der Waals surface area contributed by atoms with Gasteiger partial charge in [-0.15, -0.1) is 23.7 Å². The van der Waals surface area contributed by atoms with Gasteiger partial charge in [-0.25, -0.2) is 0 Å². The van der Waals surface area contributed by atoms with Gasteiger partial charge < -0.3 is 10.6 Å². The van der Waals surface area contributed by atoms with Crippen LogP contribution in [0.15, 0.2) is 17.5 Å². The third-order valence-corrected chi connectivity index (χ3v) is 3.64. The quantitative estimate of drug-likeness (QED) is 0.833. The minimum atomic E-state index is -0.0594. The Hall–Kier alpha value is -0.580. The summed E-state index contributed by atoms with van der Waals surface area (Å²) in [6.45, 7) is 2.66. The van der Waals surface area contributed by atoms with E-state index in [-0.39, 0.29) is 24.4 Å². The van der Waals surface area contributed by atoms with Crippen molar-refractivity contribution in [1.29, 1.82) is 0 Å². The Labute approximate surface area is 112 Å². The summed E-state index contributed by atoms with van der Waals surface area (Å²) < 4.78 is 0. The number of hydrogen-bond donors (Lipinski definition) is 2. The van der Waals surface area contributed by atoms with E-state index in [1.54, 1.807) is 11.3 Å². The summed E-state index contributed by atoms with van der Waals surface area (Å²) in [5.74, 6) is 0.114. The second-order valence-electron chi connectivity index (χ2n) is 4.28. The second-order valence-corrected chi connectivity index (χ2v) is 5.32. The summed E-state index contributed by atoms with van der Waals surface area (Å²) >= 11 is 1.74. The van der Waals surface area contributed by atoms with Gasteiger partial charge in [0, 0.05) is 17.5 Å². The number of amides is 1. The third-order valence-electron chi connectivity index (χ3n) is 2.71. The van der Waals surface area contributed by atoms with Crippen LogP contribution >= 0.6 is 23.7 Å². The molecule has 2 rings (SSSR count). The number of halogens is 1. The molecule has 5 heteroatoms. The molecule has 1 aliphatic rings. The Balaban J connectivity index is 0.00000144. The molecule has 0 radical (unpaired) electrons. The van der Waals surface area contributed by atoms with Crippen molar-refractivity contribution < 1.29 is 4.79 Å². The molecule has 1 saturated carbocycles. The molecule has 1 fully saturated rings. The largest absolute Gasteiger partial charge is 0.354 e. The van der Waals surface area contributed by atoms with E-state index in [0.29, 0.717) is 6.04 Å². The van der Waals surface area contributed by atoms with E-state index in [1.165, 1.54) is 17.7 Å². The van der Waals surface area contributed by atoms with Gasteiger partial charge in [0.15, 0.2) is 0 Å². The van der Waals surface area contributed by atoms with E-state index in [4.69, 9.17) is 0 Å². The summed E-state index contributed by atoms with van der Waals surface area (Å²) in [7, 11) is 0. The van der Waals surface area contributed by atoms with Crippen LogP contribution in [0, 0.1) is 0 Å². The number of rotatable bonds is 6. The van der Waals surface area contributed by atoms with E-state index >= 15 is 0 Å². The highest BCUT2D eigenvalue weighted by Gasteiger charge is 2.25. The molecular weight excluding hydrogens is 256 g/mol. The molecule has 0 saturated heterocycles. The first-order valence-electron chi connectivity index (χ1n) is 5.82. The second kappa shape index (κ2) is 6.99. The lowest BCUT2D eigenvalue weighted by atomic mass is 10.3. The molecule has 0 bridgehead atoms. The van der Waals surface area contributed by atoms with Gasteiger partial charge >= 0.3 is 0 Å². The molecule has 1 amide bonds. The van der Waals surface area contributed by atoms with Gasteiger partial charge in [-0.1, -0.05) is 6.07 Å². The Bertz CT molecular complexity index is 338. The SMILES string of the molecule is CC(NC1CC1)C(=O)NCCc1cccs1.Cl. The first kappa shape index (κ1) is 14.5. The maximum Gasteiger partial charge on any atom is 0.236 e. The minimum absolute atomic E-state index is 0. The summed E-state index contributed by atoms with van der Waals surface area (Å²) in [5, 5.41) is 8.31. The normalized spacial score (nSPS) is 16.1. The van der Waals surface area contributed by atoms with E-state index in [2.05, 4.69) is 22.1 Å². The standard InChI is InChI=1S/C12H18N2OS.ClH/c1-9(14-10-4-5-10)12(15)13-7-6-11-3-2-8-16-11;/h2-3,8-10,14H,4-7H2,1H3,(H,13,15);1H. The molecule has 17 heavy (non-hydrogen) atoms. The van der Waals surface area contributed by atoms with Crippen LogP contribution in [-0.4, -0.2) is 24.5 Å². The minimum Gasteiger partial charge on any atom is -0.354 e. The Kier molecular flexibility index (Phi) is 5.95. The number of hydrogen-bond acceptors (Lipinski definition) is 3. The van der Waals surface area contributed by atoms with Crippen LogP contribution < -0.4 is 10.6 Å². The Morgan fingerprint density at radius 2 is 2.35 bits per heavy atom. The average Bonchev–Trinajstić information content (AvgIpc) is 2.93. The molecule has 0 aromatic carbocycles. The Morgan fingerprint density at radius 3 is 2.94 bits per heavy atom. The molecule has 1 aromatic rings. The zero-order valence-corrected chi connectivity index (χ0v) is 11.6. The average molecular weight is 275 g/mol. The van der Waals surface area contributed by atoms with Gasteiger partial charge in [-0.05, 0) is 37.6 Å². The van der Waals surface area contributed by atoms with E-state index in [0.717, 1.165) is 13.0 Å². The molecule has 1 aromatic heterocycles. The number of thiophene rings is 1. The van der Waals surface area contributed by atoms with Crippen LogP contribution in [0.3, 0.4) is 0 Å². The van der Waals surface area contributed by atoms with Gasteiger partial charge in [0.1, 0.15) is 0 Å². The number of carbonyl (C=O) groups is 1. The van der Waals surface area contributed by atoms with Crippen molar-refractivity contribution >= 4 is 29.7 Å². The van der Waals surface area contributed by atoms with Crippen LogP contribution in [0.2, 0.25) is 0 Å². The molecule has 3 nitrogen and oxygen atoms in total. The zero-order chi connectivity index (χ0) is 11.4. The molecule has 2 N–H and O–H groups in total. The van der Waals surface area contributed by atoms with Crippen LogP contribution in [-0.2, 0) is 11.2 Å². The highest BCUT2D eigenvalue weighted by Crippen LogP contribution is 2.19. The van der Waals surface area contributed by atoms with Crippen molar-refractivity contribution in [1.82, 2.24) is 10.6 Å². The van der Waals surface area contributed by atoms with Crippen molar-refractivity contribution in [2.24, 2.45) is 0 Å². The predicted molar refractivity (Wildman–Crippen MR) is 73.9 cm³/mol. The molecule has 0 spiro atoms. The fourth-order valence-electron chi connectivity index (χ4n) is 1.60. The van der Waals surface area contributed by atoms with Gasteiger partial charge in [0.25, 0.3) is 0 Å². The molecular formula is C12H19ClN2OS. The summed E-state index contributed by atoms with van der Waals surface area (Å²) in [6.07, 6.45) is 3.36. The highest BCUT2D eigenvalue weighted by molar-refractivity contribution is 7.09. The van der Waals surface area contributed by atoms with Crippen molar-refractivity contribution in [3.63, 3.8) is 0 Å². The van der Waals surface area contributed by atoms with Crippen molar-refractivity contribution in [3.05, 3.63) is 22.4 Å². The molecule has 0 aliphatic heterocycles. The summed E-state index contributed by atoms with van der Waals surface area (Å²) in [5.41, 5.74) is 0. The van der Waals surface area contributed by atoms with E-state index in [9.17, 15) is 4.79 Å². The lowest BCUT2D eigenvalue weighted by molar-refractivity contribution is -0.122. The summed E-state index contributed by atoms with van der Waals surface area (Å²) in [6, 6.07) is 4.66. The fourth-order valence-corrected chi connectivity index (χ4v) is 2.31. The van der Waals surface area contributed by atoms with E-state index < -0.39 is 0 Å². The monoisotopic (exact) mass is 274 g/mol. The van der Waals surface area contributed by atoms with Crippen LogP contribution in [0.1, 0.15) is 24.6 Å². The zero-order valence-electron chi connectivity index (χ0n) is 9.94. The number of nitrogens with one attached hydrogen (secondary N) is 2. The van der Waals surface area contributed by atoms with E-state index in [1.807, 2.05) is 13.0 Å². The molecule has 96 valence electrons. The van der Waals surface area contributed by atoms with Gasteiger partial charge in [0.05, 0.1) is 6.04 Å². The maximum absolute atomic E-state index is 11.7. The first-order valence-corrected chi connectivity index (χ1v) is 6.70. The molecule has 1 unspecified atom stereocenters. The third kappa shape index (κ3) is 5.06. The Morgan fingerprint density at radius 1 is 1.59 bits per heavy atom. The lowest BCUT2D eigenvalue weighted by Crippen LogP contribution is -2.43. The highest BCUT2D eigenvalue weighted by atomic mass is 35.5. The van der Waals surface area contributed by atoms with Crippen molar-refractivity contribution in [2.45, 2.75) is 38.3 Å². The lowest BCUT2D eigenvalue weighted by Gasteiger charge is -2.12. The topological polar surface area (TPSA) is 41.1 Å². The van der Waals surface area contributed by atoms with Gasteiger partial charge in [-0.3, -0.25) is 4.79 Å². The van der Waals surface area contributed by atoms with Crippen LogP contribution in [0.25, 0.3) is 0 Å². The molecule has 1 heterocycles. The van der Waals surface area contributed by atoms with Crippen molar-refractivity contribution in [2.75, 3.05) is 6.54 Å². The summed E-state index contributed by atoms with van der Waals surface area (Å²) in [4.78, 5) is 13.0. The smallest absolute Gasteiger partial charge is 0.236 e. The predicted octanol–water partition coefficient (Wildman–Crippen LogP) is 1.97. The maximum atomic E-state index is 11.7. The molecule has 1 aliphatic carbocycles. The van der Waals surface area contributed by atoms with Gasteiger partial charge in [0.2, 0.25) is 5.91 Å². The fraction of sp³-hybridized carbons (Fsp3) is 0.583. The van der Waals surface area contributed by atoms with Gasteiger partial charge in [-0.2, -0.15) is 0 Å². The molecule has 1 atom stereocenters. The number of carbonyl (C=O) groups excluding carboxylic acids is 1. The van der Waals surface area contributed by atoms with Crippen LogP contribution in [0.4, 0.5) is 0 Å². The van der Waals surface area contributed by atoms with Crippen LogP contribution in [0.5, 0.6) is 0 Å².